The molecule has 0 saturated heterocycles. The molecule has 0 aromatic heterocycles. The van der Waals surface area contributed by atoms with E-state index in [0.717, 1.165) is 5.56 Å². The molecule has 2 rings (SSSR count). The first-order valence-corrected chi connectivity index (χ1v) is 5.78. The van der Waals surface area contributed by atoms with Crippen LogP contribution < -0.4 is 16.4 Å². The summed E-state index contributed by atoms with van der Waals surface area (Å²) in [7, 11) is 0. The van der Waals surface area contributed by atoms with Crippen LogP contribution in [-0.4, -0.2) is 11.1 Å². The SMILES string of the molecule is Cc1ccc(N)c(NC(=O)Nc2ccccc2O)c1. The molecule has 0 spiro atoms. The molecule has 5 heteroatoms. The molecule has 0 fully saturated rings. The lowest BCUT2D eigenvalue weighted by Gasteiger charge is -2.11. The number of amides is 2. The van der Waals surface area contributed by atoms with E-state index in [1.807, 2.05) is 13.0 Å². The van der Waals surface area contributed by atoms with Gasteiger partial charge in [0.25, 0.3) is 0 Å². The number of hydrogen-bond donors (Lipinski definition) is 4. The van der Waals surface area contributed by atoms with Gasteiger partial charge in [0.15, 0.2) is 0 Å². The second-order valence-electron chi connectivity index (χ2n) is 4.19. The molecule has 0 aliphatic rings. The maximum absolute atomic E-state index is 11.8. The number of nitrogens with one attached hydrogen (secondary N) is 2. The van der Waals surface area contributed by atoms with E-state index < -0.39 is 6.03 Å². The van der Waals surface area contributed by atoms with Gasteiger partial charge < -0.3 is 21.5 Å². The van der Waals surface area contributed by atoms with Gasteiger partial charge in [0, 0.05) is 0 Å². The molecular formula is C14H15N3O2. The van der Waals surface area contributed by atoms with E-state index >= 15 is 0 Å². The van der Waals surface area contributed by atoms with Crippen LogP contribution >= 0.6 is 0 Å². The molecule has 0 aliphatic heterocycles. The van der Waals surface area contributed by atoms with Crippen LogP contribution in [0, 0.1) is 6.92 Å². The quantitative estimate of drug-likeness (QED) is 0.492. The number of aromatic hydroxyl groups is 1. The van der Waals surface area contributed by atoms with Crippen LogP contribution in [0.5, 0.6) is 5.75 Å². The molecule has 98 valence electrons. The third kappa shape index (κ3) is 3.16. The molecule has 0 bridgehead atoms. The lowest BCUT2D eigenvalue weighted by Crippen LogP contribution is -2.20. The first-order chi connectivity index (χ1) is 9.06. The van der Waals surface area contributed by atoms with Gasteiger partial charge in [-0.15, -0.1) is 0 Å². The molecule has 2 aromatic carbocycles. The third-order valence-electron chi connectivity index (χ3n) is 2.61. The van der Waals surface area contributed by atoms with Crippen LogP contribution in [0.4, 0.5) is 21.9 Å². The van der Waals surface area contributed by atoms with Crippen molar-refractivity contribution in [3.63, 3.8) is 0 Å². The van der Waals surface area contributed by atoms with Gasteiger partial charge in [-0.25, -0.2) is 4.79 Å². The summed E-state index contributed by atoms with van der Waals surface area (Å²) < 4.78 is 0. The maximum Gasteiger partial charge on any atom is 0.323 e. The van der Waals surface area contributed by atoms with Gasteiger partial charge in [-0.2, -0.15) is 0 Å². The minimum absolute atomic E-state index is 0.00913. The van der Waals surface area contributed by atoms with Gasteiger partial charge in [0.05, 0.1) is 17.1 Å². The average Bonchev–Trinajstić information content (AvgIpc) is 2.37. The van der Waals surface area contributed by atoms with Gasteiger partial charge in [-0.1, -0.05) is 18.2 Å². The Morgan fingerprint density at radius 1 is 1.11 bits per heavy atom. The fourth-order valence-electron chi connectivity index (χ4n) is 1.63. The Bertz CT molecular complexity index is 611. The number of hydrogen-bond acceptors (Lipinski definition) is 3. The highest BCUT2D eigenvalue weighted by atomic mass is 16.3. The molecule has 2 amide bonds. The minimum Gasteiger partial charge on any atom is -0.506 e. The van der Waals surface area contributed by atoms with E-state index in [0.29, 0.717) is 17.1 Å². The number of nitrogens with two attached hydrogens (primary N) is 1. The largest absolute Gasteiger partial charge is 0.506 e. The first kappa shape index (κ1) is 12.8. The molecule has 0 heterocycles. The Hall–Kier alpha value is -2.69. The zero-order valence-electron chi connectivity index (χ0n) is 10.5. The monoisotopic (exact) mass is 257 g/mol. The predicted octanol–water partition coefficient (Wildman–Crippen LogP) is 2.93. The van der Waals surface area contributed by atoms with E-state index in [4.69, 9.17) is 5.73 Å². The average molecular weight is 257 g/mol. The number of anilines is 3. The van der Waals surface area contributed by atoms with Crippen LogP contribution in [0.25, 0.3) is 0 Å². The van der Waals surface area contributed by atoms with Gasteiger partial charge in [0.1, 0.15) is 5.75 Å². The van der Waals surface area contributed by atoms with Crippen molar-refractivity contribution in [2.24, 2.45) is 0 Å². The van der Waals surface area contributed by atoms with Crippen LogP contribution in [-0.2, 0) is 0 Å². The summed E-state index contributed by atoms with van der Waals surface area (Å²) in [5.41, 5.74) is 8.12. The normalized spacial score (nSPS) is 9.95. The van der Waals surface area contributed by atoms with Gasteiger partial charge in [-0.3, -0.25) is 0 Å². The third-order valence-corrected chi connectivity index (χ3v) is 2.61. The summed E-state index contributed by atoms with van der Waals surface area (Å²) >= 11 is 0. The van der Waals surface area contributed by atoms with Gasteiger partial charge >= 0.3 is 6.03 Å². The Morgan fingerprint density at radius 3 is 2.53 bits per heavy atom. The van der Waals surface area contributed by atoms with Crippen molar-refractivity contribution in [1.29, 1.82) is 0 Å². The second kappa shape index (κ2) is 5.30. The molecule has 0 aliphatic carbocycles. The highest BCUT2D eigenvalue weighted by molar-refractivity contribution is 6.02. The molecule has 2 aromatic rings. The summed E-state index contributed by atoms with van der Waals surface area (Å²) in [6.07, 6.45) is 0. The number of carbonyl (C=O) groups is 1. The lowest BCUT2D eigenvalue weighted by atomic mass is 10.2. The highest BCUT2D eigenvalue weighted by Crippen LogP contribution is 2.23. The van der Waals surface area contributed by atoms with E-state index in [2.05, 4.69) is 10.6 Å². The zero-order valence-corrected chi connectivity index (χ0v) is 10.5. The van der Waals surface area contributed by atoms with E-state index in [1.165, 1.54) is 6.07 Å². The van der Waals surface area contributed by atoms with E-state index in [9.17, 15) is 9.90 Å². The van der Waals surface area contributed by atoms with Crippen LogP contribution in [0.1, 0.15) is 5.56 Å². The van der Waals surface area contributed by atoms with Crippen molar-refractivity contribution < 1.29 is 9.90 Å². The molecule has 0 saturated carbocycles. The summed E-state index contributed by atoms with van der Waals surface area (Å²) in [5, 5.41) is 14.7. The fourth-order valence-corrected chi connectivity index (χ4v) is 1.63. The molecule has 0 radical (unpaired) electrons. The number of para-hydroxylation sites is 2. The molecular weight excluding hydrogens is 242 g/mol. The number of phenolic OH excluding ortho intramolecular Hbond substituents is 1. The van der Waals surface area contributed by atoms with E-state index in [1.54, 1.807) is 30.3 Å². The van der Waals surface area contributed by atoms with Crippen molar-refractivity contribution in [2.45, 2.75) is 6.92 Å². The zero-order chi connectivity index (χ0) is 13.8. The van der Waals surface area contributed by atoms with Crippen LogP contribution in [0.2, 0.25) is 0 Å². The van der Waals surface area contributed by atoms with Gasteiger partial charge in [-0.05, 0) is 36.8 Å². The fraction of sp³-hybridized carbons (Fsp3) is 0.0714. The first-order valence-electron chi connectivity index (χ1n) is 5.78. The number of rotatable bonds is 2. The molecule has 5 N–H and O–H groups in total. The molecule has 19 heavy (non-hydrogen) atoms. The van der Waals surface area contributed by atoms with Crippen molar-refractivity contribution in [1.82, 2.24) is 0 Å². The molecule has 5 nitrogen and oxygen atoms in total. The molecule has 0 unspecified atom stereocenters. The number of nitrogen functional groups attached to an aromatic ring is 1. The Morgan fingerprint density at radius 2 is 1.79 bits per heavy atom. The maximum atomic E-state index is 11.8. The van der Waals surface area contributed by atoms with Gasteiger partial charge in [0.2, 0.25) is 0 Å². The predicted molar refractivity (Wildman–Crippen MR) is 76.3 cm³/mol. The van der Waals surface area contributed by atoms with Crippen molar-refractivity contribution in [2.75, 3.05) is 16.4 Å². The second-order valence-corrected chi connectivity index (χ2v) is 4.19. The Kier molecular flexibility index (Phi) is 3.56. The Balaban J connectivity index is 2.10. The number of benzene rings is 2. The summed E-state index contributed by atoms with van der Waals surface area (Å²) in [5.74, 6) is 0.00913. The Labute approximate surface area is 111 Å². The minimum atomic E-state index is -0.459. The molecule has 0 atom stereocenters. The number of aryl methyl sites for hydroxylation is 1. The standard InChI is InChI=1S/C14H15N3O2/c1-9-6-7-10(15)12(8-9)17-14(19)16-11-4-2-3-5-13(11)18/h2-8,18H,15H2,1H3,(H2,16,17,19). The van der Waals surface area contributed by atoms with Crippen molar-refractivity contribution in [3.8, 4) is 5.75 Å². The van der Waals surface area contributed by atoms with Crippen LogP contribution in [0.15, 0.2) is 42.5 Å². The van der Waals surface area contributed by atoms with Crippen molar-refractivity contribution >= 4 is 23.1 Å². The van der Waals surface area contributed by atoms with Crippen molar-refractivity contribution in [3.05, 3.63) is 48.0 Å². The lowest BCUT2D eigenvalue weighted by molar-refractivity contribution is 0.262. The number of phenols is 1. The smallest absolute Gasteiger partial charge is 0.323 e. The summed E-state index contributed by atoms with van der Waals surface area (Å²) in [6, 6.07) is 11.4. The summed E-state index contributed by atoms with van der Waals surface area (Å²) in [6.45, 7) is 1.91. The summed E-state index contributed by atoms with van der Waals surface area (Å²) in [4.78, 5) is 11.8. The highest BCUT2D eigenvalue weighted by Gasteiger charge is 2.07. The topological polar surface area (TPSA) is 87.4 Å². The van der Waals surface area contributed by atoms with E-state index in [-0.39, 0.29) is 5.75 Å². The number of carbonyl (C=O) groups excluding carboxylic acids is 1. The van der Waals surface area contributed by atoms with Crippen LogP contribution in [0.3, 0.4) is 0 Å². The number of urea groups is 1.